The Balaban J connectivity index is 2.11. The molecule has 23 heavy (non-hydrogen) atoms. The molecule has 0 radical (unpaired) electrons. The maximum absolute atomic E-state index is 5.98. The Hall–Kier alpha value is -3.03. The predicted octanol–water partition coefficient (Wildman–Crippen LogP) is 1.60. The van der Waals surface area contributed by atoms with Gasteiger partial charge in [-0.2, -0.15) is 10.2 Å². The summed E-state index contributed by atoms with van der Waals surface area (Å²) in [5.74, 6) is 0.830. The van der Waals surface area contributed by atoms with Gasteiger partial charge in [0, 0.05) is 5.69 Å². The maximum Gasteiger partial charge on any atom is 0.200 e. The fraction of sp³-hybridized carbons (Fsp3) is 0.267. The van der Waals surface area contributed by atoms with E-state index in [9.17, 15) is 0 Å². The topological polar surface area (TPSA) is 116 Å². The van der Waals surface area contributed by atoms with Crippen molar-refractivity contribution in [1.29, 1.82) is 0 Å². The highest BCUT2D eigenvalue weighted by atomic mass is 15.2. The fourth-order valence-corrected chi connectivity index (χ4v) is 1.91. The highest BCUT2D eigenvalue weighted by Crippen LogP contribution is 2.22. The van der Waals surface area contributed by atoms with E-state index in [2.05, 4.69) is 35.3 Å². The van der Waals surface area contributed by atoms with Gasteiger partial charge in [0.05, 0.1) is 22.8 Å². The van der Waals surface area contributed by atoms with Gasteiger partial charge in [-0.15, -0.1) is 10.2 Å². The molecule has 0 saturated heterocycles. The second kappa shape index (κ2) is 5.64. The smallest absolute Gasteiger partial charge is 0.200 e. The van der Waals surface area contributed by atoms with Crippen LogP contribution in [0.1, 0.15) is 22.8 Å². The van der Waals surface area contributed by atoms with Crippen molar-refractivity contribution in [2.75, 3.05) is 5.73 Å². The summed E-state index contributed by atoms with van der Waals surface area (Å²) >= 11 is 0. The minimum atomic E-state index is 0.415. The summed E-state index contributed by atoms with van der Waals surface area (Å²) in [5.41, 5.74) is 10.7. The van der Waals surface area contributed by atoms with Crippen LogP contribution in [0.5, 0.6) is 0 Å². The van der Waals surface area contributed by atoms with Gasteiger partial charge in [-0.05, 0) is 39.8 Å². The zero-order chi connectivity index (χ0) is 16.6. The van der Waals surface area contributed by atoms with Crippen LogP contribution in [0.4, 0.5) is 5.69 Å². The van der Waals surface area contributed by atoms with Crippen LogP contribution in [-0.2, 0) is 0 Å². The van der Waals surface area contributed by atoms with Crippen molar-refractivity contribution in [3.05, 3.63) is 34.9 Å². The first kappa shape index (κ1) is 14.9. The maximum atomic E-state index is 5.98. The van der Waals surface area contributed by atoms with Gasteiger partial charge in [0.1, 0.15) is 11.4 Å². The van der Waals surface area contributed by atoms with E-state index < -0.39 is 0 Å². The molecule has 0 aromatic carbocycles. The van der Waals surface area contributed by atoms with E-state index in [0.717, 1.165) is 22.8 Å². The number of nitrogens with two attached hydrogens (primary N) is 1. The summed E-state index contributed by atoms with van der Waals surface area (Å²) < 4.78 is 0. The Labute approximate surface area is 133 Å². The van der Waals surface area contributed by atoms with Crippen LogP contribution in [0.2, 0.25) is 0 Å². The van der Waals surface area contributed by atoms with Crippen LogP contribution in [0, 0.1) is 27.7 Å². The molecule has 3 rings (SSSR count). The van der Waals surface area contributed by atoms with Crippen LogP contribution < -0.4 is 5.73 Å². The summed E-state index contributed by atoms with van der Waals surface area (Å²) in [6, 6.07) is 3.40. The molecule has 2 N–H and O–H groups in total. The Kier molecular flexibility index (Phi) is 3.65. The number of nitrogen functional groups attached to an aromatic ring is 1. The molecule has 0 aliphatic carbocycles. The van der Waals surface area contributed by atoms with Crippen LogP contribution in [0.25, 0.3) is 23.0 Å². The number of aromatic nitrogens is 7. The Morgan fingerprint density at radius 1 is 0.609 bits per heavy atom. The fourth-order valence-electron chi connectivity index (χ4n) is 1.91. The largest absolute Gasteiger partial charge is 0.399 e. The Morgan fingerprint density at radius 2 is 1.04 bits per heavy atom. The minimum Gasteiger partial charge on any atom is -0.399 e. The van der Waals surface area contributed by atoms with Gasteiger partial charge in [-0.1, -0.05) is 0 Å². The lowest BCUT2D eigenvalue weighted by Crippen LogP contribution is -2.04. The molecule has 3 heterocycles. The van der Waals surface area contributed by atoms with E-state index in [1.807, 2.05) is 27.7 Å². The van der Waals surface area contributed by atoms with Crippen molar-refractivity contribution >= 4 is 5.69 Å². The number of rotatable bonds is 2. The van der Waals surface area contributed by atoms with Gasteiger partial charge < -0.3 is 5.73 Å². The number of nitrogens with zero attached hydrogens (tertiary/aromatic N) is 7. The summed E-state index contributed by atoms with van der Waals surface area (Å²) in [7, 11) is 0. The SMILES string of the molecule is Cc1nnc(-c2cc(N)cc(-c3nnc(C)c(C)n3)n2)nc1C. The molecule has 0 fully saturated rings. The molecule has 0 saturated carbocycles. The van der Waals surface area contributed by atoms with Crippen molar-refractivity contribution in [3.8, 4) is 23.0 Å². The molecule has 8 heteroatoms. The lowest BCUT2D eigenvalue weighted by atomic mass is 10.2. The molecule has 0 spiro atoms. The highest BCUT2D eigenvalue weighted by molar-refractivity contribution is 5.64. The number of hydrogen-bond acceptors (Lipinski definition) is 8. The minimum absolute atomic E-state index is 0.415. The zero-order valence-corrected chi connectivity index (χ0v) is 13.4. The van der Waals surface area contributed by atoms with E-state index in [0.29, 0.717) is 28.7 Å². The van der Waals surface area contributed by atoms with Crippen molar-refractivity contribution in [2.45, 2.75) is 27.7 Å². The van der Waals surface area contributed by atoms with Crippen molar-refractivity contribution < 1.29 is 0 Å². The molecule has 0 atom stereocenters. The molecule has 116 valence electrons. The van der Waals surface area contributed by atoms with E-state index in [1.54, 1.807) is 12.1 Å². The summed E-state index contributed by atoms with van der Waals surface area (Å²) in [4.78, 5) is 13.3. The van der Waals surface area contributed by atoms with Crippen molar-refractivity contribution in [2.24, 2.45) is 0 Å². The lowest BCUT2D eigenvalue weighted by molar-refractivity contribution is 0.891. The van der Waals surface area contributed by atoms with Crippen LogP contribution in [0.3, 0.4) is 0 Å². The Bertz CT molecular complexity index is 821. The van der Waals surface area contributed by atoms with E-state index in [-0.39, 0.29) is 0 Å². The van der Waals surface area contributed by atoms with Crippen LogP contribution >= 0.6 is 0 Å². The lowest BCUT2D eigenvalue weighted by Gasteiger charge is -2.06. The molecule has 0 unspecified atom stereocenters. The molecular weight excluding hydrogens is 292 g/mol. The van der Waals surface area contributed by atoms with Crippen molar-refractivity contribution in [3.63, 3.8) is 0 Å². The summed E-state index contributed by atoms with van der Waals surface area (Å²) in [6.07, 6.45) is 0. The molecule has 3 aromatic heterocycles. The van der Waals surface area contributed by atoms with E-state index in [4.69, 9.17) is 5.73 Å². The quantitative estimate of drug-likeness (QED) is 0.758. The second-order valence-corrected chi connectivity index (χ2v) is 5.28. The zero-order valence-electron chi connectivity index (χ0n) is 13.4. The van der Waals surface area contributed by atoms with Gasteiger partial charge in [0.2, 0.25) is 11.6 Å². The third kappa shape index (κ3) is 2.96. The number of aryl methyl sites for hydroxylation is 4. The first-order valence-corrected chi connectivity index (χ1v) is 7.08. The van der Waals surface area contributed by atoms with Gasteiger partial charge in [-0.25, -0.2) is 15.0 Å². The monoisotopic (exact) mass is 308 g/mol. The standard InChI is InChI=1S/C15H16N8/c1-7-9(3)20-22-14(17-7)12-5-11(16)6-13(19-12)15-18-8(2)10(4)21-23-15/h5-6H,1-4H3,(H2,16,19). The molecule has 0 bridgehead atoms. The molecule has 8 nitrogen and oxygen atoms in total. The average molecular weight is 308 g/mol. The Morgan fingerprint density at radius 3 is 1.43 bits per heavy atom. The normalized spacial score (nSPS) is 10.8. The van der Waals surface area contributed by atoms with Gasteiger partial charge in [0.15, 0.2) is 0 Å². The van der Waals surface area contributed by atoms with Crippen molar-refractivity contribution in [1.82, 2.24) is 35.3 Å². The first-order valence-electron chi connectivity index (χ1n) is 7.08. The first-order chi connectivity index (χ1) is 10.9. The third-order valence-corrected chi connectivity index (χ3v) is 3.49. The summed E-state index contributed by atoms with van der Waals surface area (Å²) in [6.45, 7) is 7.45. The number of pyridine rings is 1. The molecule has 0 aliphatic rings. The number of anilines is 1. The van der Waals surface area contributed by atoms with E-state index in [1.165, 1.54) is 0 Å². The summed E-state index contributed by atoms with van der Waals surface area (Å²) in [5, 5.41) is 16.3. The van der Waals surface area contributed by atoms with E-state index >= 15 is 0 Å². The van der Waals surface area contributed by atoms with Gasteiger partial charge in [-0.3, -0.25) is 0 Å². The molecule has 0 amide bonds. The van der Waals surface area contributed by atoms with Crippen LogP contribution in [-0.4, -0.2) is 35.3 Å². The van der Waals surface area contributed by atoms with Crippen LogP contribution in [0.15, 0.2) is 12.1 Å². The predicted molar refractivity (Wildman–Crippen MR) is 85.2 cm³/mol. The average Bonchev–Trinajstić information content (AvgIpc) is 2.52. The van der Waals surface area contributed by atoms with Gasteiger partial charge in [0.25, 0.3) is 0 Å². The highest BCUT2D eigenvalue weighted by Gasteiger charge is 2.12. The second-order valence-electron chi connectivity index (χ2n) is 5.28. The third-order valence-electron chi connectivity index (χ3n) is 3.49. The molecule has 0 aliphatic heterocycles. The van der Waals surface area contributed by atoms with Gasteiger partial charge >= 0.3 is 0 Å². The molecule has 3 aromatic rings. The number of hydrogen-bond donors (Lipinski definition) is 1. The molecular formula is C15H16N8.